The van der Waals surface area contributed by atoms with Crippen molar-refractivity contribution in [3.05, 3.63) is 53.1 Å². The summed E-state index contributed by atoms with van der Waals surface area (Å²) in [7, 11) is 0. The van der Waals surface area contributed by atoms with Crippen LogP contribution in [-0.4, -0.2) is 33.9 Å². The Bertz CT molecular complexity index is 723. The molecule has 4 nitrogen and oxygen atoms in total. The molecule has 7 heteroatoms. The second-order valence-electron chi connectivity index (χ2n) is 5.77. The number of nitrogens with zero attached hydrogens (tertiary/aromatic N) is 2. The van der Waals surface area contributed by atoms with Gasteiger partial charge in [0, 0.05) is 36.5 Å². The lowest BCUT2D eigenvalue weighted by Gasteiger charge is -2.17. The van der Waals surface area contributed by atoms with Gasteiger partial charge >= 0.3 is 6.18 Å². The molecule has 23 heavy (non-hydrogen) atoms. The first kappa shape index (κ1) is 15.6. The van der Waals surface area contributed by atoms with E-state index in [1.165, 1.54) is 12.1 Å². The van der Waals surface area contributed by atoms with Gasteiger partial charge in [-0.2, -0.15) is 13.2 Å². The number of hydrogen-bond donors (Lipinski definition) is 1. The van der Waals surface area contributed by atoms with Crippen molar-refractivity contribution in [1.82, 2.24) is 14.9 Å². The number of carbonyl (C=O) groups excluding carboxylic acids is 1. The molecule has 1 atom stereocenters. The minimum Gasteiger partial charge on any atom is -0.346 e. The minimum absolute atomic E-state index is 0.0658. The van der Waals surface area contributed by atoms with Crippen LogP contribution < -0.4 is 0 Å². The molecule has 1 aromatic carbocycles. The van der Waals surface area contributed by atoms with Gasteiger partial charge in [0.2, 0.25) is 0 Å². The number of aromatic amines is 1. The molecular weight excluding hydrogens is 307 g/mol. The van der Waals surface area contributed by atoms with E-state index in [1.54, 1.807) is 11.1 Å². The summed E-state index contributed by atoms with van der Waals surface area (Å²) < 4.78 is 38.3. The monoisotopic (exact) mass is 323 g/mol. The molecule has 0 bridgehead atoms. The number of hydrogen-bond acceptors (Lipinski definition) is 2. The topological polar surface area (TPSA) is 49.0 Å². The van der Waals surface area contributed by atoms with Crippen LogP contribution in [-0.2, 0) is 6.18 Å². The fraction of sp³-hybridized carbons (Fsp3) is 0.375. The number of benzene rings is 1. The third-order valence-corrected chi connectivity index (χ3v) is 4.02. The molecule has 1 saturated heterocycles. The molecule has 2 aromatic rings. The lowest BCUT2D eigenvalue weighted by atomic mass is 10.1. The maximum absolute atomic E-state index is 12.8. The minimum atomic E-state index is -4.45. The smallest absolute Gasteiger partial charge is 0.346 e. The first-order chi connectivity index (χ1) is 10.8. The Morgan fingerprint density at radius 1 is 1.39 bits per heavy atom. The van der Waals surface area contributed by atoms with E-state index < -0.39 is 11.7 Å². The van der Waals surface area contributed by atoms with E-state index in [2.05, 4.69) is 9.97 Å². The zero-order valence-electron chi connectivity index (χ0n) is 12.5. The maximum Gasteiger partial charge on any atom is 0.416 e. The summed E-state index contributed by atoms with van der Waals surface area (Å²) in [5.41, 5.74) is 0.208. The number of rotatable bonds is 2. The quantitative estimate of drug-likeness (QED) is 0.921. The van der Waals surface area contributed by atoms with Gasteiger partial charge in [-0.3, -0.25) is 4.79 Å². The molecule has 1 N–H and O–H groups in total. The van der Waals surface area contributed by atoms with Gasteiger partial charge < -0.3 is 9.88 Å². The van der Waals surface area contributed by atoms with Gasteiger partial charge in [0.15, 0.2) is 0 Å². The fourth-order valence-electron chi connectivity index (χ4n) is 2.82. The third kappa shape index (κ3) is 3.23. The summed E-state index contributed by atoms with van der Waals surface area (Å²) in [5.74, 6) is 0.544. The number of amides is 1. The molecule has 1 aliphatic rings. The van der Waals surface area contributed by atoms with Crippen LogP contribution in [0.5, 0.6) is 0 Å². The van der Waals surface area contributed by atoms with Crippen LogP contribution in [0.25, 0.3) is 0 Å². The second-order valence-corrected chi connectivity index (χ2v) is 5.77. The number of halogens is 3. The first-order valence-electron chi connectivity index (χ1n) is 7.32. The third-order valence-electron chi connectivity index (χ3n) is 4.02. The van der Waals surface area contributed by atoms with Gasteiger partial charge in [-0.25, -0.2) is 4.98 Å². The van der Waals surface area contributed by atoms with E-state index in [1.807, 2.05) is 6.92 Å². The highest BCUT2D eigenvalue weighted by molar-refractivity contribution is 5.94. The molecule has 0 radical (unpaired) electrons. The van der Waals surface area contributed by atoms with E-state index in [-0.39, 0.29) is 17.4 Å². The van der Waals surface area contributed by atoms with Crippen LogP contribution in [0, 0.1) is 6.92 Å². The Balaban J connectivity index is 1.74. The molecule has 1 fully saturated rings. The number of imidazole rings is 1. The average Bonchev–Trinajstić information content (AvgIpc) is 3.14. The van der Waals surface area contributed by atoms with Crippen molar-refractivity contribution >= 4 is 5.91 Å². The predicted octanol–water partition coefficient (Wildman–Crippen LogP) is 3.37. The standard InChI is InChI=1S/C16H16F3N3O/c1-10-8-20-14(21-10)12-5-6-22(9-12)15(23)11-3-2-4-13(7-11)16(17,18)19/h2-4,7-8,12H,5-6,9H2,1H3,(H,20,21)/t12-/m0/s1. The van der Waals surface area contributed by atoms with E-state index in [0.29, 0.717) is 13.1 Å². The van der Waals surface area contributed by atoms with E-state index in [0.717, 1.165) is 30.1 Å². The summed E-state index contributed by atoms with van der Waals surface area (Å²) in [5, 5.41) is 0. The number of aromatic nitrogens is 2. The molecule has 122 valence electrons. The van der Waals surface area contributed by atoms with Gasteiger partial charge in [0.1, 0.15) is 5.82 Å². The van der Waals surface area contributed by atoms with Crippen molar-refractivity contribution in [2.24, 2.45) is 0 Å². The number of aryl methyl sites for hydroxylation is 1. The van der Waals surface area contributed by atoms with Gasteiger partial charge in [0.25, 0.3) is 5.91 Å². The lowest BCUT2D eigenvalue weighted by molar-refractivity contribution is -0.137. The normalized spacial score (nSPS) is 18.4. The fourth-order valence-corrected chi connectivity index (χ4v) is 2.82. The Kier molecular flexibility index (Phi) is 3.87. The number of nitrogens with one attached hydrogen (secondary N) is 1. The van der Waals surface area contributed by atoms with Crippen LogP contribution in [0.3, 0.4) is 0 Å². The van der Waals surface area contributed by atoms with Crippen molar-refractivity contribution < 1.29 is 18.0 Å². The Morgan fingerprint density at radius 2 is 2.17 bits per heavy atom. The lowest BCUT2D eigenvalue weighted by Crippen LogP contribution is -2.28. The molecule has 1 aromatic heterocycles. The van der Waals surface area contributed by atoms with E-state index >= 15 is 0 Å². The number of likely N-dealkylation sites (tertiary alicyclic amines) is 1. The number of carbonyl (C=O) groups is 1. The Labute approximate surface area is 131 Å². The highest BCUT2D eigenvalue weighted by atomic mass is 19.4. The molecular formula is C16H16F3N3O. The van der Waals surface area contributed by atoms with Gasteiger partial charge in [-0.1, -0.05) is 6.07 Å². The summed E-state index contributed by atoms with van der Waals surface area (Å²) in [6, 6.07) is 4.56. The number of alkyl halides is 3. The molecule has 0 unspecified atom stereocenters. The first-order valence-corrected chi connectivity index (χ1v) is 7.32. The molecule has 1 aliphatic heterocycles. The zero-order chi connectivity index (χ0) is 16.6. The highest BCUT2D eigenvalue weighted by Gasteiger charge is 2.33. The SMILES string of the molecule is Cc1cnc([C@H]2CCN(C(=O)c3cccc(C(F)(F)F)c3)C2)[nH]1. The summed E-state index contributed by atoms with van der Waals surface area (Å²) in [4.78, 5) is 21.4. The predicted molar refractivity (Wildman–Crippen MR) is 78.0 cm³/mol. The molecule has 2 heterocycles. The maximum atomic E-state index is 12.8. The van der Waals surface area contributed by atoms with Crippen molar-refractivity contribution in [3.8, 4) is 0 Å². The van der Waals surface area contributed by atoms with Crippen LogP contribution in [0.15, 0.2) is 30.5 Å². The van der Waals surface area contributed by atoms with Gasteiger partial charge in [-0.15, -0.1) is 0 Å². The average molecular weight is 323 g/mol. The molecule has 0 aliphatic carbocycles. The number of H-pyrrole nitrogens is 1. The van der Waals surface area contributed by atoms with Crippen molar-refractivity contribution in [2.75, 3.05) is 13.1 Å². The summed E-state index contributed by atoms with van der Waals surface area (Å²) in [6.07, 6.45) is -1.97. The van der Waals surface area contributed by atoms with Gasteiger partial charge in [-0.05, 0) is 31.5 Å². The van der Waals surface area contributed by atoms with E-state index in [9.17, 15) is 18.0 Å². The Morgan fingerprint density at radius 3 is 2.83 bits per heavy atom. The van der Waals surface area contributed by atoms with Crippen LogP contribution in [0.2, 0.25) is 0 Å². The highest BCUT2D eigenvalue weighted by Crippen LogP contribution is 2.31. The van der Waals surface area contributed by atoms with E-state index in [4.69, 9.17) is 0 Å². The zero-order valence-corrected chi connectivity index (χ0v) is 12.5. The van der Waals surface area contributed by atoms with Crippen LogP contribution >= 0.6 is 0 Å². The summed E-state index contributed by atoms with van der Waals surface area (Å²) >= 11 is 0. The van der Waals surface area contributed by atoms with Crippen molar-refractivity contribution in [3.63, 3.8) is 0 Å². The molecule has 0 saturated carbocycles. The van der Waals surface area contributed by atoms with Crippen LogP contribution in [0.1, 0.15) is 39.8 Å². The molecule has 3 rings (SSSR count). The van der Waals surface area contributed by atoms with Gasteiger partial charge in [0.05, 0.1) is 5.56 Å². The van der Waals surface area contributed by atoms with Crippen LogP contribution in [0.4, 0.5) is 13.2 Å². The molecule has 0 spiro atoms. The summed E-state index contributed by atoms with van der Waals surface area (Å²) in [6.45, 7) is 2.87. The molecule has 1 amide bonds. The van der Waals surface area contributed by atoms with Crippen molar-refractivity contribution in [1.29, 1.82) is 0 Å². The van der Waals surface area contributed by atoms with Crippen molar-refractivity contribution in [2.45, 2.75) is 25.4 Å². The largest absolute Gasteiger partial charge is 0.416 e. The second kappa shape index (κ2) is 5.72. The Hall–Kier alpha value is -2.31.